The molecule has 0 radical (unpaired) electrons. The van der Waals surface area contributed by atoms with Crippen LogP contribution in [0.25, 0.3) is 11.3 Å². The van der Waals surface area contributed by atoms with Gasteiger partial charge in [-0.2, -0.15) is 0 Å². The lowest BCUT2D eigenvalue weighted by atomic mass is 9.96. The Morgan fingerprint density at radius 2 is 1.74 bits per heavy atom. The number of hydrogen-bond donors (Lipinski definition) is 1. The van der Waals surface area contributed by atoms with Gasteiger partial charge in [0.1, 0.15) is 0 Å². The van der Waals surface area contributed by atoms with Crippen LogP contribution >= 0.6 is 12.4 Å². The summed E-state index contributed by atoms with van der Waals surface area (Å²) in [6.45, 7) is 2.34. The van der Waals surface area contributed by atoms with E-state index in [1.807, 2.05) is 0 Å². The van der Waals surface area contributed by atoms with Gasteiger partial charge in [0.05, 0.1) is 5.69 Å². The van der Waals surface area contributed by atoms with Crippen molar-refractivity contribution in [2.45, 2.75) is 39.0 Å². The van der Waals surface area contributed by atoms with Gasteiger partial charge >= 0.3 is 0 Å². The van der Waals surface area contributed by atoms with Crippen molar-refractivity contribution in [2.75, 3.05) is 6.61 Å². The van der Waals surface area contributed by atoms with Gasteiger partial charge in [0.2, 0.25) is 0 Å². The van der Waals surface area contributed by atoms with E-state index in [0.717, 1.165) is 31.4 Å². The molecular weight excluding hydrogens is 354 g/mol. The van der Waals surface area contributed by atoms with Crippen molar-refractivity contribution >= 4 is 12.4 Å². The molecule has 0 bridgehead atoms. The molecule has 1 aromatic heterocycles. The Morgan fingerprint density at radius 1 is 0.963 bits per heavy atom. The number of fused-ring (bicyclic) bond motifs is 1. The Kier molecular flexibility index (Phi) is 6.30. The Balaban J connectivity index is 0.00000210. The summed E-state index contributed by atoms with van der Waals surface area (Å²) >= 11 is 0. The second kappa shape index (κ2) is 8.69. The molecule has 3 heteroatoms. The third kappa shape index (κ3) is 4.40. The van der Waals surface area contributed by atoms with Crippen LogP contribution in [0.4, 0.5) is 0 Å². The van der Waals surface area contributed by atoms with E-state index in [2.05, 4.69) is 61.5 Å². The topological polar surface area (TPSA) is 33.1 Å². The van der Waals surface area contributed by atoms with Crippen LogP contribution in [0.2, 0.25) is 0 Å². The number of aromatic nitrogens is 1. The zero-order valence-electron chi connectivity index (χ0n) is 15.7. The first-order valence-corrected chi connectivity index (χ1v) is 9.50. The molecule has 2 aromatic carbocycles. The van der Waals surface area contributed by atoms with Gasteiger partial charge in [0, 0.05) is 17.9 Å². The van der Waals surface area contributed by atoms with Gasteiger partial charge in [-0.1, -0.05) is 48.0 Å². The van der Waals surface area contributed by atoms with Crippen molar-refractivity contribution in [3.63, 3.8) is 0 Å². The van der Waals surface area contributed by atoms with E-state index in [9.17, 15) is 0 Å². The van der Waals surface area contributed by atoms with Crippen molar-refractivity contribution in [1.29, 1.82) is 0 Å². The molecule has 1 aliphatic carbocycles. The molecule has 0 saturated carbocycles. The first kappa shape index (κ1) is 19.6. The van der Waals surface area contributed by atoms with Gasteiger partial charge in [0.15, 0.2) is 0 Å². The average molecular weight is 380 g/mol. The number of halogens is 1. The van der Waals surface area contributed by atoms with Crippen molar-refractivity contribution in [3.8, 4) is 11.3 Å². The molecule has 140 valence electrons. The van der Waals surface area contributed by atoms with E-state index in [1.54, 1.807) is 0 Å². The van der Waals surface area contributed by atoms with Crippen LogP contribution in [0.1, 0.15) is 39.9 Å². The molecule has 27 heavy (non-hydrogen) atoms. The van der Waals surface area contributed by atoms with E-state index in [0.29, 0.717) is 0 Å². The Bertz CT molecular complexity index is 918. The molecule has 4 rings (SSSR count). The van der Waals surface area contributed by atoms with Crippen LogP contribution in [-0.4, -0.2) is 16.7 Å². The zero-order valence-corrected chi connectivity index (χ0v) is 16.6. The Labute approximate surface area is 167 Å². The summed E-state index contributed by atoms with van der Waals surface area (Å²) in [5.74, 6) is 0. The van der Waals surface area contributed by atoms with Crippen LogP contribution < -0.4 is 0 Å². The van der Waals surface area contributed by atoms with E-state index in [4.69, 9.17) is 10.1 Å². The molecule has 0 unspecified atom stereocenters. The molecule has 1 aliphatic rings. The van der Waals surface area contributed by atoms with Gasteiger partial charge in [-0.15, -0.1) is 12.4 Å². The first-order valence-electron chi connectivity index (χ1n) is 9.50. The standard InChI is InChI=1S/C24H25NO.ClH/c1-17-4-2-5-20(14-17)24-16-21(22-6-3-7-23(22)25-24)15-19-10-8-18(9-11-19)12-13-26;/h2,4-5,8-11,14,16,26H,3,6-7,12-13,15H2,1H3;1H. The van der Waals surface area contributed by atoms with Crippen molar-refractivity contribution in [2.24, 2.45) is 0 Å². The van der Waals surface area contributed by atoms with Gasteiger partial charge in [0.25, 0.3) is 0 Å². The second-order valence-corrected chi connectivity index (χ2v) is 7.28. The van der Waals surface area contributed by atoms with Crippen LogP contribution in [0.3, 0.4) is 0 Å². The lowest BCUT2D eigenvalue weighted by molar-refractivity contribution is 0.299. The van der Waals surface area contributed by atoms with Crippen molar-refractivity contribution < 1.29 is 5.11 Å². The minimum atomic E-state index is 0. The fourth-order valence-electron chi connectivity index (χ4n) is 3.91. The maximum atomic E-state index is 9.08. The molecule has 1 N–H and O–H groups in total. The monoisotopic (exact) mass is 379 g/mol. The van der Waals surface area contributed by atoms with Crippen LogP contribution in [0.5, 0.6) is 0 Å². The average Bonchev–Trinajstić information content (AvgIpc) is 3.12. The van der Waals surface area contributed by atoms with E-state index in [-0.39, 0.29) is 19.0 Å². The fraction of sp³-hybridized carbons (Fsp3) is 0.292. The van der Waals surface area contributed by atoms with E-state index in [1.165, 1.54) is 45.5 Å². The van der Waals surface area contributed by atoms with Crippen LogP contribution in [-0.2, 0) is 25.7 Å². The highest BCUT2D eigenvalue weighted by atomic mass is 35.5. The third-order valence-electron chi connectivity index (χ3n) is 5.27. The van der Waals surface area contributed by atoms with E-state index >= 15 is 0 Å². The summed E-state index contributed by atoms with van der Waals surface area (Å²) in [7, 11) is 0. The predicted molar refractivity (Wildman–Crippen MR) is 114 cm³/mol. The Hall–Kier alpha value is -2.16. The van der Waals surface area contributed by atoms with Gasteiger partial charge in [-0.25, -0.2) is 0 Å². The number of hydrogen-bond acceptors (Lipinski definition) is 2. The summed E-state index contributed by atoms with van der Waals surface area (Å²) < 4.78 is 0. The first-order chi connectivity index (χ1) is 12.7. The summed E-state index contributed by atoms with van der Waals surface area (Å²) in [5.41, 5.74) is 10.3. The molecule has 0 saturated heterocycles. The van der Waals surface area contributed by atoms with Crippen LogP contribution in [0.15, 0.2) is 54.6 Å². The normalized spacial score (nSPS) is 12.5. The quantitative estimate of drug-likeness (QED) is 0.669. The lowest BCUT2D eigenvalue weighted by Crippen LogP contribution is -2.00. The van der Waals surface area contributed by atoms with Gasteiger partial charge in [-0.3, -0.25) is 4.98 Å². The minimum absolute atomic E-state index is 0. The lowest BCUT2D eigenvalue weighted by Gasteiger charge is -2.12. The third-order valence-corrected chi connectivity index (χ3v) is 5.27. The zero-order chi connectivity index (χ0) is 17.9. The summed E-state index contributed by atoms with van der Waals surface area (Å²) in [5, 5.41) is 9.08. The van der Waals surface area contributed by atoms with Crippen molar-refractivity contribution in [1.82, 2.24) is 4.98 Å². The molecule has 0 amide bonds. The largest absolute Gasteiger partial charge is 0.396 e. The highest BCUT2D eigenvalue weighted by molar-refractivity contribution is 5.85. The Morgan fingerprint density at radius 3 is 2.48 bits per heavy atom. The molecule has 1 heterocycles. The molecule has 0 fully saturated rings. The number of aliphatic hydroxyl groups is 1. The number of benzene rings is 2. The summed E-state index contributed by atoms with van der Waals surface area (Å²) in [4.78, 5) is 4.98. The van der Waals surface area contributed by atoms with Crippen molar-refractivity contribution in [3.05, 3.63) is 88.1 Å². The number of pyridine rings is 1. The molecule has 0 atom stereocenters. The highest BCUT2D eigenvalue weighted by Crippen LogP contribution is 2.30. The fourth-order valence-corrected chi connectivity index (χ4v) is 3.91. The minimum Gasteiger partial charge on any atom is -0.396 e. The number of aliphatic hydroxyl groups excluding tert-OH is 1. The summed E-state index contributed by atoms with van der Waals surface area (Å²) in [6.07, 6.45) is 5.12. The number of rotatable bonds is 5. The van der Waals surface area contributed by atoms with Crippen LogP contribution in [0, 0.1) is 6.92 Å². The highest BCUT2D eigenvalue weighted by Gasteiger charge is 2.18. The molecule has 0 spiro atoms. The van der Waals surface area contributed by atoms with E-state index < -0.39 is 0 Å². The molecule has 0 aliphatic heterocycles. The SMILES string of the molecule is Cc1cccc(-c2cc(Cc3ccc(CCO)cc3)c3c(n2)CCC3)c1.Cl. The number of nitrogens with zero attached hydrogens (tertiary/aromatic N) is 1. The molecule has 2 nitrogen and oxygen atoms in total. The molecular formula is C24H26ClNO. The van der Waals surface area contributed by atoms with Gasteiger partial charge in [-0.05, 0) is 73.4 Å². The maximum absolute atomic E-state index is 9.08. The molecule has 3 aromatic rings. The maximum Gasteiger partial charge on any atom is 0.0708 e. The predicted octanol–water partition coefficient (Wildman–Crippen LogP) is 5.09. The summed E-state index contributed by atoms with van der Waals surface area (Å²) in [6, 6.07) is 19.6. The smallest absolute Gasteiger partial charge is 0.0708 e. The van der Waals surface area contributed by atoms with Gasteiger partial charge < -0.3 is 5.11 Å². The number of aryl methyl sites for hydroxylation is 2. The second-order valence-electron chi connectivity index (χ2n) is 7.28.